The number of carbonyl (C=O) groups is 2. The van der Waals surface area contributed by atoms with Crippen LogP contribution in [0.4, 0.5) is 4.39 Å². The fraction of sp³-hybridized carbons (Fsp3) is 0.143. The maximum atomic E-state index is 12.9. The van der Waals surface area contributed by atoms with Crippen LogP contribution in [0.2, 0.25) is 0 Å². The topological polar surface area (TPSA) is 55.4 Å². The minimum Gasteiger partial charge on any atom is -0.455 e. The van der Waals surface area contributed by atoms with Gasteiger partial charge in [-0.1, -0.05) is 48.5 Å². The Morgan fingerprint density at radius 1 is 1.00 bits per heavy atom. The van der Waals surface area contributed by atoms with Crippen LogP contribution in [-0.2, 0) is 20.7 Å². The standard InChI is InChI=1S/C21H18FNO3S/c22-17-10-8-15(9-11-17)13-20(25)26-14-19(24)23-21(18-7-4-12-27-18)16-5-2-1-3-6-16/h1-12,21H,13-14H2,(H,23,24)/t21-/m1/s1. The highest BCUT2D eigenvalue weighted by Crippen LogP contribution is 2.25. The number of benzene rings is 2. The third-order valence-corrected chi connectivity index (χ3v) is 4.83. The second-order valence-corrected chi connectivity index (χ2v) is 6.87. The highest BCUT2D eigenvalue weighted by atomic mass is 32.1. The van der Waals surface area contributed by atoms with E-state index in [1.54, 1.807) is 11.3 Å². The Morgan fingerprint density at radius 2 is 1.74 bits per heavy atom. The number of nitrogens with one attached hydrogen (secondary N) is 1. The lowest BCUT2D eigenvalue weighted by atomic mass is 10.1. The van der Waals surface area contributed by atoms with E-state index in [4.69, 9.17) is 4.74 Å². The molecule has 0 bridgehead atoms. The molecular weight excluding hydrogens is 365 g/mol. The van der Waals surface area contributed by atoms with Crippen LogP contribution in [0.5, 0.6) is 0 Å². The van der Waals surface area contributed by atoms with Crippen LogP contribution in [-0.4, -0.2) is 18.5 Å². The predicted molar refractivity (Wildman–Crippen MR) is 102 cm³/mol. The van der Waals surface area contributed by atoms with E-state index in [0.29, 0.717) is 5.56 Å². The molecule has 0 aliphatic carbocycles. The Kier molecular flexibility index (Phi) is 6.33. The molecule has 0 aliphatic rings. The first-order valence-electron chi connectivity index (χ1n) is 8.39. The van der Waals surface area contributed by atoms with Gasteiger partial charge in [0, 0.05) is 4.88 Å². The maximum Gasteiger partial charge on any atom is 0.310 e. The normalized spacial score (nSPS) is 11.6. The summed E-state index contributed by atoms with van der Waals surface area (Å²) in [5, 5.41) is 4.85. The van der Waals surface area contributed by atoms with Crippen LogP contribution < -0.4 is 5.32 Å². The Bertz CT molecular complexity index is 880. The minimum atomic E-state index is -0.538. The van der Waals surface area contributed by atoms with E-state index in [1.807, 2.05) is 47.8 Å². The summed E-state index contributed by atoms with van der Waals surface area (Å²) < 4.78 is 17.9. The lowest BCUT2D eigenvalue weighted by molar-refractivity contribution is -0.148. The van der Waals surface area contributed by atoms with Crippen molar-refractivity contribution in [1.29, 1.82) is 0 Å². The first-order valence-corrected chi connectivity index (χ1v) is 9.27. The molecule has 1 N–H and O–H groups in total. The van der Waals surface area contributed by atoms with E-state index in [-0.39, 0.29) is 30.8 Å². The zero-order chi connectivity index (χ0) is 19.1. The van der Waals surface area contributed by atoms with Gasteiger partial charge in [0.05, 0.1) is 12.5 Å². The lowest BCUT2D eigenvalue weighted by Crippen LogP contribution is -2.32. The van der Waals surface area contributed by atoms with Gasteiger partial charge in [0.2, 0.25) is 0 Å². The average molecular weight is 383 g/mol. The number of carbonyl (C=O) groups excluding carboxylic acids is 2. The molecule has 27 heavy (non-hydrogen) atoms. The van der Waals surface area contributed by atoms with E-state index in [1.165, 1.54) is 24.3 Å². The highest BCUT2D eigenvalue weighted by molar-refractivity contribution is 7.10. The molecule has 0 saturated heterocycles. The Morgan fingerprint density at radius 3 is 2.41 bits per heavy atom. The second kappa shape index (κ2) is 9.09. The molecule has 138 valence electrons. The molecule has 0 unspecified atom stereocenters. The van der Waals surface area contributed by atoms with Crippen LogP contribution >= 0.6 is 11.3 Å². The number of halogens is 1. The molecule has 3 aromatic rings. The largest absolute Gasteiger partial charge is 0.455 e. The van der Waals surface area contributed by atoms with Gasteiger partial charge in [0.15, 0.2) is 6.61 Å². The van der Waals surface area contributed by atoms with Gasteiger partial charge in [-0.05, 0) is 34.7 Å². The predicted octanol–water partition coefficient (Wildman–Crippen LogP) is 3.88. The van der Waals surface area contributed by atoms with Crippen molar-refractivity contribution in [1.82, 2.24) is 5.32 Å². The average Bonchev–Trinajstić information content (AvgIpc) is 3.21. The summed E-state index contributed by atoms with van der Waals surface area (Å²) in [6.45, 7) is -0.366. The lowest BCUT2D eigenvalue weighted by Gasteiger charge is -2.18. The van der Waals surface area contributed by atoms with Crippen LogP contribution in [0.25, 0.3) is 0 Å². The third kappa shape index (κ3) is 5.49. The van der Waals surface area contributed by atoms with Gasteiger partial charge in [0.25, 0.3) is 5.91 Å². The van der Waals surface area contributed by atoms with Gasteiger partial charge < -0.3 is 10.1 Å². The number of amides is 1. The van der Waals surface area contributed by atoms with Crippen molar-refractivity contribution in [3.05, 3.63) is 93.9 Å². The van der Waals surface area contributed by atoms with Gasteiger partial charge in [-0.15, -0.1) is 11.3 Å². The fourth-order valence-electron chi connectivity index (χ4n) is 2.59. The maximum absolute atomic E-state index is 12.9. The van der Waals surface area contributed by atoms with Crippen LogP contribution in [0.3, 0.4) is 0 Å². The summed E-state index contributed by atoms with van der Waals surface area (Å²) in [5.41, 5.74) is 1.58. The van der Waals surface area contributed by atoms with Gasteiger partial charge in [-0.3, -0.25) is 9.59 Å². The first kappa shape index (κ1) is 18.8. The number of esters is 1. The molecule has 0 fully saturated rings. The molecule has 1 aromatic heterocycles. The van der Waals surface area contributed by atoms with Gasteiger partial charge in [-0.25, -0.2) is 4.39 Å². The smallest absolute Gasteiger partial charge is 0.310 e. The van der Waals surface area contributed by atoms with Crippen molar-refractivity contribution in [2.24, 2.45) is 0 Å². The molecule has 1 heterocycles. The van der Waals surface area contributed by atoms with Crippen LogP contribution in [0.1, 0.15) is 22.0 Å². The number of hydrogen-bond donors (Lipinski definition) is 1. The highest BCUT2D eigenvalue weighted by Gasteiger charge is 2.18. The van der Waals surface area contributed by atoms with Crippen molar-refractivity contribution >= 4 is 23.2 Å². The van der Waals surface area contributed by atoms with Crippen molar-refractivity contribution in [2.45, 2.75) is 12.5 Å². The summed E-state index contributed by atoms with van der Waals surface area (Å²) in [7, 11) is 0. The summed E-state index contributed by atoms with van der Waals surface area (Å²) in [5.74, 6) is -1.29. The zero-order valence-electron chi connectivity index (χ0n) is 14.4. The Hall–Kier alpha value is -2.99. The monoisotopic (exact) mass is 383 g/mol. The summed E-state index contributed by atoms with van der Waals surface area (Å²) in [6, 6.07) is 18.8. The number of rotatable bonds is 7. The van der Waals surface area contributed by atoms with E-state index in [0.717, 1.165) is 10.4 Å². The van der Waals surface area contributed by atoms with E-state index in [9.17, 15) is 14.0 Å². The molecule has 2 aromatic carbocycles. The van der Waals surface area contributed by atoms with Crippen molar-refractivity contribution in [2.75, 3.05) is 6.61 Å². The van der Waals surface area contributed by atoms with E-state index < -0.39 is 5.97 Å². The molecule has 0 spiro atoms. The quantitative estimate of drug-likeness (QED) is 0.630. The molecule has 0 radical (unpaired) electrons. The third-order valence-electron chi connectivity index (χ3n) is 3.89. The number of hydrogen-bond acceptors (Lipinski definition) is 4. The van der Waals surface area contributed by atoms with Crippen molar-refractivity contribution < 1.29 is 18.7 Å². The number of thiophene rings is 1. The SMILES string of the molecule is O=C(COC(=O)Cc1ccc(F)cc1)N[C@H](c1ccccc1)c1cccs1. The van der Waals surface area contributed by atoms with Crippen LogP contribution in [0.15, 0.2) is 72.1 Å². The molecule has 1 atom stereocenters. The number of ether oxygens (including phenoxy) is 1. The van der Waals surface area contributed by atoms with E-state index >= 15 is 0 Å². The Labute approximate surface area is 160 Å². The first-order chi connectivity index (χ1) is 13.1. The minimum absolute atomic E-state index is 0.0133. The molecular formula is C21H18FNO3S. The summed E-state index contributed by atoms with van der Waals surface area (Å²) in [6.07, 6.45) is -0.0133. The molecule has 0 saturated carbocycles. The zero-order valence-corrected chi connectivity index (χ0v) is 15.2. The fourth-order valence-corrected chi connectivity index (χ4v) is 3.39. The summed E-state index contributed by atoms with van der Waals surface area (Å²) in [4.78, 5) is 25.2. The van der Waals surface area contributed by atoms with Gasteiger partial charge >= 0.3 is 5.97 Å². The molecule has 6 heteroatoms. The van der Waals surface area contributed by atoms with Crippen LogP contribution in [0, 0.1) is 5.82 Å². The summed E-state index contributed by atoms with van der Waals surface area (Å²) >= 11 is 1.54. The van der Waals surface area contributed by atoms with Crippen molar-refractivity contribution in [3.8, 4) is 0 Å². The molecule has 4 nitrogen and oxygen atoms in total. The Balaban J connectivity index is 1.56. The van der Waals surface area contributed by atoms with Crippen molar-refractivity contribution in [3.63, 3.8) is 0 Å². The van der Waals surface area contributed by atoms with Gasteiger partial charge in [-0.2, -0.15) is 0 Å². The second-order valence-electron chi connectivity index (χ2n) is 5.89. The molecule has 3 rings (SSSR count). The van der Waals surface area contributed by atoms with Gasteiger partial charge in [0.1, 0.15) is 5.82 Å². The molecule has 1 amide bonds. The van der Waals surface area contributed by atoms with E-state index in [2.05, 4.69) is 5.32 Å². The molecule has 0 aliphatic heterocycles.